The van der Waals surface area contributed by atoms with Gasteiger partial charge in [0.05, 0.1) is 18.7 Å². The third-order valence-electron chi connectivity index (χ3n) is 5.33. The molecule has 9 heteroatoms. The van der Waals surface area contributed by atoms with Gasteiger partial charge in [-0.25, -0.2) is 0 Å². The van der Waals surface area contributed by atoms with E-state index in [1.807, 2.05) is 6.92 Å². The number of nitrogens with one attached hydrogen (secondary N) is 1. The molecule has 0 radical (unpaired) electrons. The molecule has 9 nitrogen and oxygen atoms in total. The second-order valence-corrected chi connectivity index (χ2v) is 7.28. The zero-order chi connectivity index (χ0) is 21.5. The molecule has 0 atom stereocenters. The number of ether oxygens (including phenoxy) is 1. The van der Waals surface area contributed by atoms with Crippen LogP contribution in [0.4, 0.5) is 0 Å². The molecule has 1 N–H and O–H groups in total. The molecule has 30 heavy (non-hydrogen) atoms. The van der Waals surface area contributed by atoms with Gasteiger partial charge >= 0.3 is 11.8 Å². The van der Waals surface area contributed by atoms with Crippen LogP contribution in [-0.4, -0.2) is 90.7 Å². The van der Waals surface area contributed by atoms with Crippen molar-refractivity contribution in [2.45, 2.75) is 19.8 Å². The Morgan fingerprint density at radius 3 is 2.07 bits per heavy atom. The molecule has 2 aliphatic rings. The summed E-state index contributed by atoms with van der Waals surface area (Å²) >= 11 is 0. The Hall–Kier alpha value is -3.10. The predicted octanol–water partition coefficient (Wildman–Crippen LogP) is 0.108. The predicted molar refractivity (Wildman–Crippen MR) is 109 cm³/mol. The fraction of sp³-hybridized carbons (Fsp3) is 0.524. The molecule has 0 aromatic heterocycles. The monoisotopic (exact) mass is 416 g/mol. The summed E-state index contributed by atoms with van der Waals surface area (Å²) in [6, 6.07) is 6.87. The lowest BCUT2D eigenvalue weighted by molar-refractivity contribution is -0.153. The standard InChI is InChI=1S/C21H28N4O5/c1-2-30-17-8-4-3-7-16(17)19(27)22-15-18(26)23-11-13-25(14-12-23)21(29)20(28)24-9-5-6-10-24/h3-4,7-8H,2,5-6,9-15H2,1H3,(H,22,27). The van der Waals surface area contributed by atoms with Crippen molar-refractivity contribution in [3.8, 4) is 5.75 Å². The first kappa shape index (κ1) is 21.6. The van der Waals surface area contributed by atoms with Gasteiger partial charge in [0.25, 0.3) is 5.91 Å². The molecule has 0 saturated carbocycles. The lowest BCUT2D eigenvalue weighted by atomic mass is 10.2. The number of carbonyl (C=O) groups excluding carboxylic acids is 4. The highest BCUT2D eigenvalue weighted by atomic mass is 16.5. The second-order valence-electron chi connectivity index (χ2n) is 7.28. The van der Waals surface area contributed by atoms with Gasteiger partial charge in [0, 0.05) is 39.3 Å². The van der Waals surface area contributed by atoms with E-state index in [1.165, 1.54) is 4.90 Å². The fourth-order valence-corrected chi connectivity index (χ4v) is 3.65. The van der Waals surface area contributed by atoms with Crippen molar-refractivity contribution >= 4 is 23.6 Å². The molecule has 1 aromatic rings. The van der Waals surface area contributed by atoms with Crippen LogP contribution < -0.4 is 10.1 Å². The van der Waals surface area contributed by atoms with Crippen molar-refractivity contribution in [1.82, 2.24) is 20.0 Å². The molecular formula is C21H28N4O5. The summed E-state index contributed by atoms with van der Waals surface area (Å²) in [7, 11) is 0. The molecule has 2 fully saturated rings. The smallest absolute Gasteiger partial charge is 0.312 e. The SMILES string of the molecule is CCOc1ccccc1C(=O)NCC(=O)N1CCN(C(=O)C(=O)N2CCCC2)CC1. The number of hydrogen-bond acceptors (Lipinski definition) is 5. The van der Waals surface area contributed by atoms with Crippen LogP contribution >= 0.6 is 0 Å². The maximum atomic E-state index is 12.5. The van der Waals surface area contributed by atoms with Crippen molar-refractivity contribution in [2.24, 2.45) is 0 Å². The lowest BCUT2D eigenvalue weighted by Crippen LogP contribution is -2.55. The van der Waals surface area contributed by atoms with Gasteiger partial charge in [-0.05, 0) is 31.9 Å². The number of benzene rings is 1. The van der Waals surface area contributed by atoms with Crippen molar-refractivity contribution in [3.05, 3.63) is 29.8 Å². The van der Waals surface area contributed by atoms with Crippen molar-refractivity contribution in [2.75, 3.05) is 52.4 Å². The highest BCUT2D eigenvalue weighted by molar-refractivity contribution is 6.35. The first-order valence-corrected chi connectivity index (χ1v) is 10.4. The van der Waals surface area contributed by atoms with Gasteiger partial charge in [-0.2, -0.15) is 0 Å². The molecule has 4 amide bonds. The fourth-order valence-electron chi connectivity index (χ4n) is 3.65. The number of nitrogens with zero attached hydrogens (tertiary/aromatic N) is 3. The van der Waals surface area contributed by atoms with Crippen LogP contribution in [-0.2, 0) is 14.4 Å². The van der Waals surface area contributed by atoms with E-state index in [0.29, 0.717) is 57.2 Å². The summed E-state index contributed by atoms with van der Waals surface area (Å²) in [6.07, 6.45) is 1.87. The summed E-state index contributed by atoms with van der Waals surface area (Å²) in [5.74, 6) is -1.08. The molecule has 2 aliphatic heterocycles. The van der Waals surface area contributed by atoms with E-state index in [1.54, 1.807) is 34.1 Å². The molecule has 2 saturated heterocycles. The number of carbonyl (C=O) groups is 4. The number of amides is 4. The Labute approximate surface area is 175 Å². The second kappa shape index (κ2) is 10.1. The zero-order valence-corrected chi connectivity index (χ0v) is 17.3. The third-order valence-corrected chi connectivity index (χ3v) is 5.33. The molecule has 2 heterocycles. The molecular weight excluding hydrogens is 388 g/mol. The summed E-state index contributed by atoms with van der Waals surface area (Å²) in [5, 5.41) is 2.63. The number of hydrogen-bond donors (Lipinski definition) is 1. The largest absolute Gasteiger partial charge is 0.493 e. The van der Waals surface area contributed by atoms with Crippen LogP contribution in [0.25, 0.3) is 0 Å². The van der Waals surface area contributed by atoms with Gasteiger partial charge in [0.15, 0.2) is 0 Å². The van der Waals surface area contributed by atoms with Crippen LogP contribution in [0.1, 0.15) is 30.1 Å². The van der Waals surface area contributed by atoms with Crippen molar-refractivity contribution in [1.29, 1.82) is 0 Å². The summed E-state index contributed by atoms with van der Waals surface area (Å²) in [6.45, 7) is 4.70. The van der Waals surface area contributed by atoms with Crippen LogP contribution in [0.3, 0.4) is 0 Å². The average molecular weight is 416 g/mol. The minimum absolute atomic E-state index is 0.139. The summed E-state index contributed by atoms with van der Waals surface area (Å²) < 4.78 is 5.45. The minimum Gasteiger partial charge on any atom is -0.493 e. The van der Waals surface area contributed by atoms with E-state index >= 15 is 0 Å². The van der Waals surface area contributed by atoms with Gasteiger partial charge in [-0.15, -0.1) is 0 Å². The molecule has 1 aromatic carbocycles. The lowest BCUT2D eigenvalue weighted by Gasteiger charge is -2.35. The summed E-state index contributed by atoms with van der Waals surface area (Å²) in [5.41, 5.74) is 0.378. The van der Waals surface area contributed by atoms with E-state index in [9.17, 15) is 19.2 Å². The number of para-hydroxylation sites is 1. The van der Waals surface area contributed by atoms with Gasteiger partial charge in [0.2, 0.25) is 5.91 Å². The van der Waals surface area contributed by atoms with Crippen molar-refractivity contribution in [3.63, 3.8) is 0 Å². The van der Waals surface area contributed by atoms with E-state index in [2.05, 4.69) is 5.32 Å². The molecule has 0 unspecified atom stereocenters. The highest BCUT2D eigenvalue weighted by Crippen LogP contribution is 2.17. The Bertz CT molecular complexity index is 798. The average Bonchev–Trinajstić information content (AvgIpc) is 3.32. The molecule has 0 bridgehead atoms. The first-order chi connectivity index (χ1) is 14.5. The maximum absolute atomic E-state index is 12.5. The van der Waals surface area contributed by atoms with Crippen LogP contribution in [0.2, 0.25) is 0 Å². The Morgan fingerprint density at radius 2 is 1.43 bits per heavy atom. The van der Waals surface area contributed by atoms with Crippen molar-refractivity contribution < 1.29 is 23.9 Å². The number of likely N-dealkylation sites (tertiary alicyclic amines) is 1. The zero-order valence-electron chi connectivity index (χ0n) is 17.3. The van der Waals surface area contributed by atoms with Gasteiger partial charge in [-0.1, -0.05) is 12.1 Å². The van der Waals surface area contributed by atoms with E-state index in [-0.39, 0.29) is 18.4 Å². The quantitative estimate of drug-likeness (QED) is 0.687. The Kier molecular flexibility index (Phi) is 7.26. The van der Waals surface area contributed by atoms with Gasteiger partial charge in [-0.3, -0.25) is 19.2 Å². The van der Waals surface area contributed by atoms with Crippen LogP contribution in [0.5, 0.6) is 5.75 Å². The van der Waals surface area contributed by atoms with Crippen LogP contribution in [0.15, 0.2) is 24.3 Å². The van der Waals surface area contributed by atoms with E-state index in [0.717, 1.165) is 12.8 Å². The van der Waals surface area contributed by atoms with Crippen LogP contribution in [0, 0.1) is 0 Å². The molecule has 162 valence electrons. The normalized spacial score (nSPS) is 16.4. The third kappa shape index (κ3) is 5.08. The summed E-state index contributed by atoms with van der Waals surface area (Å²) in [4.78, 5) is 54.2. The van der Waals surface area contributed by atoms with Gasteiger partial charge < -0.3 is 24.8 Å². The van der Waals surface area contributed by atoms with E-state index in [4.69, 9.17) is 4.74 Å². The topological polar surface area (TPSA) is 99.3 Å². The molecule has 0 spiro atoms. The Balaban J connectivity index is 1.46. The molecule has 3 rings (SSSR count). The maximum Gasteiger partial charge on any atom is 0.312 e. The van der Waals surface area contributed by atoms with Gasteiger partial charge in [0.1, 0.15) is 5.75 Å². The molecule has 0 aliphatic carbocycles. The number of piperazine rings is 1. The number of rotatable bonds is 5. The van der Waals surface area contributed by atoms with E-state index < -0.39 is 11.8 Å². The first-order valence-electron chi connectivity index (χ1n) is 10.4. The Morgan fingerprint density at radius 1 is 0.867 bits per heavy atom. The minimum atomic E-state index is -0.496. The highest BCUT2D eigenvalue weighted by Gasteiger charge is 2.31.